The van der Waals surface area contributed by atoms with Crippen molar-refractivity contribution in [2.75, 3.05) is 7.11 Å². The molecule has 2 fully saturated rings. The van der Waals surface area contributed by atoms with Crippen LogP contribution in [0.4, 0.5) is 13.2 Å². The summed E-state index contributed by atoms with van der Waals surface area (Å²) in [5.74, 6) is 1.60. The van der Waals surface area contributed by atoms with E-state index >= 15 is 0 Å². The topological polar surface area (TPSA) is 107 Å². The van der Waals surface area contributed by atoms with Gasteiger partial charge in [-0.15, -0.1) is 0 Å². The number of benzene rings is 1. The Kier molecular flexibility index (Phi) is 5.39. The maximum atomic E-state index is 13.3. The van der Waals surface area contributed by atoms with Crippen molar-refractivity contribution < 1.29 is 17.9 Å². The third kappa shape index (κ3) is 4.39. The van der Waals surface area contributed by atoms with Gasteiger partial charge in [0.05, 0.1) is 24.7 Å². The molecule has 2 aliphatic carbocycles. The van der Waals surface area contributed by atoms with E-state index < -0.39 is 11.9 Å². The molecule has 2 aliphatic rings. The number of methoxy groups -OCH3 is 1. The molecule has 7 rings (SSSR count). The van der Waals surface area contributed by atoms with Gasteiger partial charge < -0.3 is 9.30 Å². The van der Waals surface area contributed by atoms with Gasteiger partial charge in [0, 0.05) is 30.1 Å². The van der Waals surface area contributed by atoms with Crippen LogP contribution >= 0.6 is 0 Å². The molecule has 4 aromatic heterocycles. The van der Waals surface area contributed by atoms with Crippen LogP contribution in [0.5, 0.6) is 5.88 Å². The maximum absolute atomic E-state index is 13.3. The Balaban J connectivity index is 1.20. The molecule has 0 amide bonds. The average molecular weight is 533 g/mol. The summed E-state index contributed by atoms with van der Waals surface area (Å²) in [7, 11) is 1.56. The second-order valence-corrected chi connectivity index (χ2v) is 10.0. The number of alkyl halides is 3. The quantitative estimate of drug-likeness (QED) is 0.295. The molecule has 2 saturated carbocycles. The molecule has 1 aromatic carbocycles. The second-order valence-electron chi connectivity index (χ2n) is 10.0. The Morgan fingerprint density at radius 2 is 1.82 bits per heavy atom. The lowest BCUT2D eigenvalue weighted by atomic mass is 10.1. The van der Waals surface area contributed by atoms with Crippen LogP contribution in [0.15, 0.2) is 43.0 Å². The molecule has 39 heavy (non-hydrogen) atoms. The van der Waals surface area contributed by atoms with Crippen molar-refractivity contribution in [3.05, 3.63) is 65.6 Å². The first-order valence-electron chi connectivity index (χ1n) is 12.7. The molecule has 0 atom stereocenters. The van der Waals surface area contributed by atoms with Gasteiger partial charge in [0.25, 0.3) is 0 Å². The van der Waals surface area contributed by atoms with E-state index in [1.807, 2.05) is 12.1 Å². The average Bonchev–Trinajstić information content (AvgIpc) is 3.88. The third-order valence-electron chi connectivity index (χ3n) is 7.14. The Morgan fingerprint density at radius 1 is 1.03 bits per heavy atom. The number of rotatable bonds is 7. The second kappa shape index (κ2) is 8.85. The van der Waals surface area contributed by atoms with Gasteiger partial charge in [0.1, 0.15) is 28.7 Å². The predicted octanol–water partition coefficient (Wildman–Crippen LogP) is 5.50. The maximum Gasteiger partial charge on any atom is 0.434 e. The Labute approximate surface area is 220 Å². The van der Waals surface area contributed by atoms with Gasteiger partial charge in [-0.2, -0.15) is 18.3 Å². The van der Waals surface area contributed by atoms with Gasteiger partial charge in [-0.3, -0.25) is 5.10 Å². The van der Waals surface area contributed by atoms with Crippen molar-refractivity contribution in [3.63, 3.8) is 0 Å². The SMILES string of the molecule is COc1ncnc(C2CC2)c1-c1ncc2[nH]nc(Cc3ccc(-c4nc(C(F)(F)F)cn4C4CC4)cc3)c2n1. The molecule has 0 spiro atoms. The molecule has 12 heteroatoms. The van der Waals surface area contributed by atoms with Gasteiger partial charge in [-0.1, -0.05) is 24.3 Å². The van der Waals surface area contributed by atoms with Crippen LogP contribution in [0.3, 0.4) is 0 Å². The standard InChI is InChI=1S/C27H23F3N8O/c1-39-26-21(22(15-6-7-15)32-13-33-26)24-31-11-19-23(35-24)18(36-37-19)10-14-2-4-16(5-3-14)25-34-20(27(28,29)30)12-38(25)17-8-9-17/h2-5,11-13,15,17H,6-10H2,1H3,(H,36,37). The Bertz CT molecular complexity index is 1680. The zero-order valence-corrected chi connectivity index (χ0v) is 20.9. The number of hydrogen-bond donors (Lipinski definition) is 1. The van der Waals surface area contributed by atoms with Gasteiger partial charge in [0.2, 0.25) is 5.88 Å². The third-order valence-corrected chi connectivity index (χ3v) is 7.14. The van der Waals surface area contributed by atoms with E-state index in [2.05, 4.69) is 30.1 Å². The first kappa shape index (κ1) is 23.7. The van der Waals surface area contributed by atoms with Gasteiger partial charge >= 0.3 is 6.18 Å². The van der Waals surface area contributed by atoms with Crippen LogP contribution in [0.1, 0.15) is 60.3 Å². The number of nitrogens with zero attached hydrogens (tertiary/aromatic N) is 7. The zero-order chi connectivity index (χ0) is 26.7. The predicted molar refractivity (Wildman–Crippen MR) is 135 cm³/mol. The van der Waals surface area contributed by atoms with Crippen LogP contribution < -0.4 is 4.74 Å². The highest BCUT2D eigenvalue weighted by atomic mass is 19.4. The molecule has 0 aliphatic heterocycles. The fourth-order valence-electron chi connectivity index (χ4n) is 4.86. The van der Waals surface area contributed by atoms with Crippen molar-refractivity contribution in [3.8, 4) is 28.7 Å². The molecule has 0 bridgehead atoms. The van der Waals surface area contributed by atoms with Crippen molar-refractivity contribution in [2.45, 2.75) is 50.2 Å². The van der Waals surface area contributed by atoms with Crippen LogP contribution in [0.2, 0.25) is 0 Å². The fraction of sp³-hybridized carbons (Fsp3) is 0.333. The molecule has 4 heterocycles. The van der Waals surface area contributed by atoms with E-state index in [-0.39, 0.29) is 6.04 Å². The minimum absolute atomic E-state index is 0.0710. The van der Waals surface area contributed by atoms with E-state index in [4.69, 9.17) is 9.72 Å². The Hall–Kier alpha value is -4.35. The first-order valence-corrected chi connectivity index (χ1v) is 12.7. The number of halogens is 3. The molecule has 0 radical (unpaired) electrons. The van der Waals surface area contributed by atoms with Crippen molar-refractivity contribution >= 4 is 11.0 Å². The summed E-state index contributed by atoms with van der Waals surface area (Å²) in [6.45, 7) is 0. The highest BCUT2D eigenvalue weighted by Crippen LogP contribution is 2.45. The lowest BCUT2D eigenvalue weighted by Gasteiger charge is -2.10. The summed E-state index contributed by atoms with van der Waals surface area (Å²) >= 11 is 0. The van der Waals surface area contributed by atoms with Crippen molar-refractivity contribution in [1.82, 2.24) is 39.7 Å². The van der Waals surface area contributed by atoms with Crippen LogP contribution in [0, 0.1) is 0 Å². The number of fused-ring (bicyclic) bond motifs is 1. The number of imidazole rings is 1. The zero-order valence-electron chi connectivity index (χ0n) is 20.9. The number of H-pyrrole nitrogens is 1. The van der Waals surface area contributed by atoms with E-state index in [9.17, 15) is 13.2 Å². The summed E-state index contributed by atoms with van der Waals surface area (Å²) < 4.78 is 47.1. The van der Waals surface area contributed by atoms with Gasteiger partial charge in [-0.05, 0) is 31.2 Å². The van der Waals surface area contributed by atoms with E-state index in [0.29, 0.717) is 52.0 Å². The van der Waals surface area contributed by atoms with Gasteiger partial charge in [0.15, 0.2) is 11.5 Å². The lowest BCUT2D eigenvalue weighted by molar-refractivity contribution is -0.140. The summed E-state index contributed by atoms with van der Waals surface area (Å²) in [5, 5.41) is 7.45. The minimum Gasteiger partial charge on any atom is -0.480 e. The van der Waals surface area contributed by atoms with E-state index in [1.165, 1.54) is 6.33 Å². The molecule has 0 saturated heterocycles. The molecule has 0 unspecified atom stereocenters. The largest absolute Gasteiger partial charge is 0.480 e. The first-order chi connectivity index (χ1) is 18.9. The molecule has 5 aromatic rings. The molecule has 9 nitrogen and oxygen atoms in total. The number of ether oxygens (including phenoxy) is 1. The number of aromatic nitrogens is 8. The van der Waals surface area contributed by atoms with E-state index in [0.717, 1.165) is 48.8 Å². The van der Waals surface area contributed by atoms with Crippen LogP contribution in [-0.2, 0) is 12.6 Å². The number of hydrogen-bond acceptors (Lipinski definition) is 7. The fourth-order valence-corrected chi connectivity index (χ4v) is 4.86. The summed E-state index contributed by atoms with van der Waals surface area (Å²) in [4.78, 5) is 22.0. The van der Waals surface area contributed by atoms with Gasteiger partial charge in [-0.25, -0.2) is 24.9 Å². The minimum atomic E-state index is -4.48. The normalized spacial score (nSPS) is 15.7. The molecule has 198 valence electrons. The summed E-state index contributed by atoms with van der Waals surface area (Å²) in [5.41, 5.74) is 4.40. The summed E-state index contributed by atoms with van der Waals surface area (Å²) in [6.07, 6.45) is 4.14. The molecule has 1 N–H and O–H groups in total. The lowest BCUT2D eigenvalue weighted by Crippen LogP contribution is -2.05. The highest BCUT2D eigenvalue weighted by Gasteiger charge is 2.37. The van der Waals surface area contributed by atoms with E-state index in [1.54, 1.807) is 30.0 Å². The van der Waals surface area contributed by atoms with Crippen molar-refractivity contribution in [1.29, 1.82) is 0 Å². The number of aromatic amines is 1. The Morgan fingerprint density at radius 3 is 2.51 bits per heavy atom. The van der Waals surface area contributed by atoms with Crippen molar-refractivity contribution in [2.24, 2.45) is 0 Å². The molecular formula is C27H23F3N8O. The number of nitrogens with one attached hydrogen (secondary N) is 1. The smallest absolute Gasteiger partial charge is 0.434 e. The molecular weight excluding hydrogens is 509 g/mol. The highest BCUT2D eigenvalue weighted by molar-refractivity contribution is 5.79. The monoisotopic (exact) mass is 532 g/mol. The summed E-state index contributed by atoms with van der Waals surface area (Å²) in [6, 6.07) is 7.45. The van der Waals surface area contributed by atoms with Crippen LogP contribution in [-0.4, -0.2) is 46.8 Å². The van der Waals surface area contributed by atoms with Crippen LogP contribution in [0.25, 0.3) is 33.8 Å².